The van der Waals surface area contributed by atoms with E-state index in [4.69, 9.17) is 4.42 Å². The van der Waals surface area contributed by atoms with E-state index in [-0.39, 0.29) is 5.41 Å². The lowest BCUT2D eigenvalue weighted by molar-refractivity contribution is 0.0696. The van der Waals surface area contributed by atoms with Crippen molar-refractivity contribution in [1.29, 1.82) is 0 Å². The van der Waals surface area contributed by atoms with Gasteiger partial charge in [0.05, 0.1) is 17.0 Å². The normalized spacial score (nSPS) is 16.5. The number of carboxylic acids is 1. The predicted octanol–water partition coefficient (Wildman–Crippen LogP) is 3.94. The number of aromatic carboxylic acids is 1. The van der Waals surface area contributed by atoms with Crippen LogP contribution < -0.4 is 5.32 Å². The second-order valence-corrected chi connectivity index (χ2v) is 7.76. The first-order valence-electron chi connectivity index (χ1n) is 7.53. The summed E-state index contributed by atoms with van der Waals surface area (Å²) in [5.41, 5.74) is 1.61. The molecule has 1 aliphatic carbocycles. The average Bonchev–Trinajstić information content (AvgIpc) is 3.01. The van der Waals surface area contributed by atoms with Crippen LogP contribution in [0.4, 0.5) is 0 Å². The van der Waals surface area contributed by atoms with Crippen LogP contribution in [0.2, 0.25) is 0 Å². The first-order valence-corrected chi connectivity index (χ1v) is 8.34. The predicted molar refractivity (Wildman–Crippen MR) is 87.6 cm³/mol. The van der Waals surface area contributed by atoms with Crippen molar-refractivity contribution in [3.8, 4) is 10.6 Å². The maximum absolute atomic E-state index is 11.8. The topological polar surface area (TPSA) is 62.5 Å². The highest BCUT2D eigenvalue weighted by Gasteiger charge is 2.33. The van der Waals surface area contributed by atoms with Crippen LogP contribution in [0, 0.1) is 5.41 Å². The molecule has 0 bridgehead atoms. The lowest BCUT2D eigenvalue weighted by Gasteiger charge is -2.29. The summed E-state index contributed by atoms with van der Waals surface area (Å²) in [7, 11) is 1.86. The zero-order valence-corrected chi connectivity index (χ0v) is 14.0. The van der Waals surface area contributed by atoms with Gasteiger partial charge >= 0.3 is 5.97 Å². The first-order chi connectivity index (χ1) is 10.4. The van der Waals surface area contributed by atoms with E-state index >= 15 is 0 Å². The van der Waals surface area contributed by atoms with Gasteiger partial charge in [-0.05, 0) is 49.4 Å². The Labute approximate surface area is 134 Å². The maximum atomic E-state index is 11.8. The zero-order chi connectivity index (χ0) is 15.9. The number of aryl methyl sites for hydroxylation is 1. The molecule has 1 aliphatic rings. The highest BCUT2D eigenvalue weighted by molar-refractivity contribution is 7.16. The number of nitrogens with one attached hydrogen (secondary N) is 1. The van der Waals surface area contributed by atoms with Gasteiger partial charge in [0.15, 0.2) is 0 Å². The minimum atomic E-state index is -0.850. The number of carboxylic acid groups (broad SMARTS) is 1. The van der Waals surface area contributed by atoms with E-state index in [2.05, 4.69) is 19.2 Å². The molecule has 0 unspecified atom stereocenters. The van der Waals surface area contributed by atoms with E-state index in [1.165, 1.54) is 4.88 Å². The lowest BCUT2D eigenvalue weighted by atomic mass is 9.76. The molecule has 2 heterocycles. The molecule has 2 aromatic rings. The van der Waals surface area contributed by atoms with Gasteiger partial charge in [-0.3, -0.25) is 0 Å². The Bertz CT molecular complexity index is 712. The second kappa shape index (κ2) is 5.56. The number of hydrogen-bond donors (Lipinski definition) is 2. The molecule has 0 amide bonds. The van der Waals surface area contributed by atoms with Crippen molar-refractivity contribution in [3.05, 3.63) is 33.9 Å². The Balaban J connectivity index is 2.08. The molecular weight excluding hydrogens is 298 g/mol. The third-order valence-electron chi connectivity index (χ3n) is 4.23. The third kappa shape index (κ3) is 2.71. The molecule has 0 atom stereocenters. The molecule has 2 aromatic heterocycles. The van der Waals surface area contributed by atoms with Crippen molar-refractivity contribution < 1.29 is 14.3 Å². The van der Waals surface area contributed by atoms with Crippen LogP contribution >= 0.6 is 11.3 Å². The minimum Gasteiger partial charge on any atom is -0.478 e. The van der Waals surface area contributed by atoms with Gasteiger partial charge < -0.3 is 14.8 Å². The molecule has 3 rings (SSSR count). The highest BCUT2D eigenvalue weighted by atomic mass is 32.1. The van der Waals surface area contributed by atoms with Gasteiger partial charge in [0.2, 0.25) is 0 Å². The molecule has 4 nitrogen and oxygen atoms in total. The largest absolute Gasteiger partial charge is 0.478 e. The van der Waals surface area contributed by atoms with Crippen LogP contribution in [0.25, 0.3) is 10.6 Å². The summed E-state index contributed by atoms with van der Waals surface area (Å²) >= 11 is 1.58. The van der Waals surface area contributed by atoms with Crippen LogP contribution in [0.3, 0.4) is 0 Å². The summed E-state index contributed by atoms with van der Waals surface area (Å²) in [6.07, 6.45) is 2.88. The molecule has 0 radical (unpaired) electrons. The SMILES string of the molecule is CNCc1ccc(-c2sc3c(c2C(=O)O)CC(C)(C)CC3)o1. The number of thiophene rings is 1. The zero-order valence-electron chi connectivity index (χ0n) is 13.2. The molecule has 0 saturated carbocycles. The fraction of sp³-hybridized carbons (Fsp3) is 0.471. The number of carbonyl (C=O) groups is 1. The van der Waals surface area contributed by atoms with Crippen LogP contribution in [0.5, 0.6) is 0 Å². The van der Waals surface area contributed by atoms with Crippen molar-refractivity contribution in [2.24, 2.45) is 5.41 Å². The van der Waals surface area contributed by atoms with Crippen molar-refractivity contribution in [3.63, 3.8) is 0 Å². The standard InChI is InChI=1S/C17H21NO3S/c1-17(2)7-6-13-11(8-17)14(16(19)20)15(22-13)12-5-4-10(21-12)9-18-3/h4-5,18H,6-9H2,1-3H3,(H,19,20). The summed E-state index contributed by atoms with van der Waals surface area (Å²) in [6, 6.07) is 3.78. The fourth-order valence-corrected chi connectivity index (χ4v) is 4.36. The van der Waals surface area contributed by atoms with Crippen molar-refractivity contribution in [2.45, 2.75) is 39.7 Å². The summed E-state index contributed by atoms with van der Waals surface area (Å²) in [6.45, 7) is 5.05. The van der Waals surface area contributed by atoms with Crippen LogP contribution in [-0.4, -0.2) is 18.1 Å². The fourth-order valence-electron chi connectivity index (χ4n) is 3.09. The molecule has 0 aromatic carbocycles. The number of fused-ring (bicyclic) bond motifs is 1. The Morgan fingerprint density at radius 3 is 2.91 bits per heavy atom. The lowest BCUT2D eigenvalue weighted by Crippen LogP contribution is -2.22. The molecule has 0 fully saturated rings. The van der Waals surface area contributed by atoms with Gasteiger partial charge in [0.1, 0.15) is 11.5 Å². The summed E-state index contributed by atoms with van der Waals surface area (Å²) in [4.78, 5) is 13.8. The molecule has 5 heteroatoms. The number of furan rings is 1. The third-order valence-corrected chi connectivity index (χ3v) is 5.53. The first kappa shape index (κ1) is 15.3. The Kier molecular flexibility index (Phi) is 3.87. The van der Waals surface area contributed by atoms with Crippen LogP contribution in [0.1, 0.15) is 46.8 Å². The van der Waals surface area contributed by atoms with Crippen LogP contribution in [0.15, 0.2) is 16.5 Å². The summed E-state index contributed by atoms with van der Waals surface area (Å²) in [5.74, 6) is 0.636. The molecule has 0 aliphatic heterocycles. The Hall–Kier alpha value is -1.59. The molecule has 22 heavy (non-hydrogen) atoms. The molecule has 2 N–H and O–H groups in total. The van der Waals surface area contributed by atoms with Gasteiger partial charge in [0, 0.05) is 4.88 Å². The summed E-state index contributed by atoms with van der Waals surface area (Å²) < 4.78 is 5.82. The van der Waals surface area contributed by atoms with Crippen molar-refractivity contribution in [2.75, 3.05) is 7.05 Å². The van der Waals surface area contributed by atoms with Crippen molar-refractivity contribution >= 4 is 17.3 Å². The van der Waals surface area contributed by atoms with Gasteiger partial charge in [-0.25, -0.2) is 4.79 Å². The smallest absolute Gasteiger partial charge is 0.337 e. The minimum absolute atomic E-state index is 0.163. The Morgan fingerprint density at radius 1 is 1.45 bits per heavy atom. The van der Waals surface area contributed by atoms with E-state index < -0.39 is 5.97 Å². The Morgan fingerprint density at radius 2 is 2.23 bits per heavy atom. The number of hydrogen-bond acceptors (Lipinski definition) is 4. The molecule has 0 saturated heterocycles. The molecule has 118 valence electrons. The maximum Gasteiger partial charge on any atom is 0.337 e. The summed E-state index contributed by atoms with van der Waals surface area (Å²) in [5, 5.41) is 12.7. The van der Waals surface area contributed by atoms with Gasteiger partial charge in [-0.1, -0.05) is 13.8 Å². The second-order valence-electron chi connectivity index (χ2n) is 6.65. The average molecular weight is 319 g/mol. The van der Waals surface area contributed by atoms with Gasteiger partial charge in [-0.2, -0.15) is 0 Å². The molecule has 0 spiro atoms. The van der Waals surface area contributed by atoms with Gasteiger partial charge in [0.25, 0.3) is 0 Å². The van der Waals surface area contributed by atoms with E-state index in [9.17, 15) is 9.90 Å². The monoisotopic (exact) mass is 319 g/mol. The van der Waals surface area contributed by atoms with Gasteiger partial charge in [-0.15, -0.1) is 11.3 Å². The van der Waals surface area contributed by atoms with Crippen molar-refractivity contribution in [1.82, 2.24) is 5.32 Å². The molecular formula is C17H21NO3S. The quantitative estimate of drug-likeness (QED) is 0.896. The van der Waals surface area contributed by atoms with Crippen LogP contribution in [-0.2, 0) is 19.4 Å². The van der Waals surface area contributed by atoms with E-state index in [1.54, 1.807) is 11.3 Å². The van der Waals surface area contributed by atoms with E-state index in [0.29, 0.717) is 17.9 Å². The van der Waals surface area contributed by atoms with E-state index in [1.807, 2.05) is 19.2 Å². The van der Waals surface area contributed by atoms with E-state index in [0.717, 1.165) is 35.5 Å². The number of rotatable bonds is 4. The highest BCUT2D eigenvalue weighted by Crippen LogP contribution is 2.45.